The Balaban J connectivity index is 0.000000204. The smallest absolute Gasteiger partial charge is 0.269 e. The summed E-state index contributed by atoms with van der Waals surface area (Å²) in [5.74, 6) is 0. The van der Waals surface area contributed by atoms with Crippen LogP contribution in [-0.4, -0.2) is 15.0 Å². The van der Waals surface area contributed by atoms with E-state index in [-0.39, 0.29) is 18.0 Å². The molecule has 0 aliphatic rings. The summed E-state index contributed by atoms with van der Waals surface area (Å²) in [5, 5.41) is 28.7. The fourth-order valence-corrected chi connectivity index (χ4v) is 1.27. The molecule has 0 spiro atoms. The van der Waals surface area contributed by atoms with Gasteiger partial charge in [0, 0.05) is 24.3 Å². The summed E-state index contributed by atoms with van der Waals surface area (Å²) in [6, 6.07) is 13.7. The fourth-order valence-electron chi connectivity index (χ4n) is 1.27. The molecule has 104 valence electrons. The fraction of sp³-hybridized carbons (Fsp3) is 0.0769. The number of non-ortho nitro benzene ring substituents is 2. The Hall–Kier alpha value is -2.80. The normalized spacial score (nSPS) is 9.25. The minimum Gasteiger partial charge on any atom is -0.392 e. The molecule has 0 saturated heterocycles. The third kappa shape index (κ3) is 4.83. The van der Waals surface area contributed by atoms with Gasteiger partial charge < -0.3 is 5.11 Å². The molecule has 0 aromatic heterocycles. The number of aliphatic hydroxyl groups excluding tert-OH is 1. The van der Waals surface area contributed by atoms with Gasteiger partial charge in [0.15, 0.2) is 0 Å². The molecule has 0 aliphatic heterocycles. The van der Waals surface area contributed by atoms with Crippen molar-refractivity contribution in [2.24, 2.45) is 0 Å². The second-order valence-electron chi connectivity index (χ2n) is 3.67. The van der Waals surface area contributed by atoms with E-state index in [1.807, 2.05) is 0 Å². The van der Waals surface area contributed by atoms with Crippen LogP contribution in [0.2, 0.25) is 0 Å². The lowest BCUT2D eigenvalue weighted by molar-refractivity contribution is -0.385. The third-order valence-corrected chi connectivity index (χ3v) is 2.30. The van der Waals surface area contributed by atoms with Crippen LogP contribution in [0.25, 0.3) is 0 Å². The van der Waals surface area contributed by atoms with Crippen molar-refractivity contribution in [3.05, 3.63) is 80.4 Å². The molecule has 2 aromatic rings. The average Bonchev–Trinajstić information content (AvgIpc) is 2.49. The number of hydrogen-bond acceptors (Lipinski definition) is 5. The molecule has 1 N–H and O–H groups in total. The molecule has 0 amide bonds. The number of benzene rings is 2. The summed E-state index contributed by atoms with van der Waals surface area (Å²) in [6.07, 6.45) is 0. The van der Waals surface area contributed by atoms with Crippen LogP contribution < -0.4 is 0 Å². The summed E-state index contributed by atoms with van der Waals surface area (Å²) < 4.78 is 0. The Kier molecular flexibility index (Phi) is 5.79. The predicted octanol–water partition coefficient (Wildman–Crippen LogP) is 2.68. The number of hydrogen-bond donors (Lipinski definition) is 1. The van der Waals surface area contributed by atoms with E-state index >= 15 is 0 Å². The summed E-state index contributed by atoms with van der Waals surface area (Å²) in [6.45, 7) is -0.0853. The van der Waals surface area contributed by atoms with E-state index in [9.17, 15) is 20.2 Å². The molecule has 0 aliphatic carbocycles. The Labute approximate surface area is 114 Å². The van der Waals surface area contributed by atoms with Gasteiger partial charge in [-0.2, -0.15) is 0 Å². The molecular weight excluding hydrogens is 264 g/mol. The first-order valence-electron chi connectivity index (χ1n) is 5.58. The van der Waals surface area contributed by atoms with Crippen molar-refractivity contribution < 1.29 is 15.0 Å². The molecule has 7 nitrogen and oxygen atoms in total. The number of para-hydroxylation sites is 1. The first kappa shape index (κ1) is 15.3. The van der Waals surface area contributed by atoms with Gasteiger partial charge in [-0.3, -0.25) is 20.2 Å². The van der Waals surface area contributed by atoms with Crippen LogP contribution in [0.5, 0.6) is 0 Å². The second kappa shape index (κ2) is 7.59. The molecule has 0 fully saturated rings. The van der Waals surface area contributed by atoms with Gasteiger partial charge in [-0.15, -0.1) is 0 Å². The van der Waals surface area contributed by atoms with E-state index < -0.39 is 9.85 Å². The maximum Gasteiger partial charge on any atom is 0.269 e. The SMILES string of the molecule is O=[N+]([O-])c1ccc(CO)cc1.O=[N+]([O-])c1ccccc1. The highest BCUT2D eigenvalue weighted by atomic mass is 16.6. The van der Waals surface area contributed by atoms with Crippen LogP contribution in [0.15, 0.2) is 54.6 Å². The molecule has 7 heteroatoms. The molecule has 0 atom stereocenters. The lowest BCUT2D eigenvalue weighted by atomic mass is 10.2. The van der Waals surface area contributed by atoms with Gasteiger partial charge in [-0.1, -0.05) is 18.2 Å². The van der Waals surface area contributed by atoms with Crippen molar-refractivity contribution in [3.8, 4) is 0 Å². The predicted molar refractivity (Wildman–Crippen MR) is 72.1 cm³/mol. The topological polar surface area (TPSA) is 107 Å². The van der Waals surface area contributed by atoms with Crippen molar-refractivity contribution >= 4 is 11.4 Å². The summed E-state index contributed by atoms with van der Waals surface area (Å²) in [5.41, 5.74) is 0.857. The van der Waals surface area contributed by atoms with E-state index in [4.69, 9.17) is 5.11 Å². The minimum atomic E-state index is -0.471. The van der Waals surface area contributed by atoms with Gasteiger partial charge in [0.2, 0.25) is 0 Å². The summed E-state index contributed by atoms with van der Waals surface area (Å²) >= 11 is 0. The van der Waals surface area contributed by atoms with Crippen LogP contribution in [0.4, 0.5) is 11.4 Å². The quantitative estimate of drug-likeness (QED) is 0.685. The lowest BCUT2D eigenvalue weighted by Gasteiger charge is -1.93. The zero-order valence-electron chi connectivity index (χ0n) is 10.4. The number of rotatable bonds is 3. The van der Waals surface area contributed by atoms with Gasteiger partial charge in [0.25, 0.3) is 11.4 Å². The number of aliphatic hydroxyl groups is 1. The number of nitro groups is 2. The maximum absolute atomic E-state index is 10.1. The van der Waals surface area contributed by atoms with E-state index in [1.54, 1.807) is 18.2 Å². The summed E-state index contributed by atoms with van der Waals surface area (Å²) in [4.78, 5) is 19.3. The van der Waals surface area contributed by atoms with Crippen LogP contribution >= 0.6 is 0 Å². The Morgan fingerprint density at radius 1 is 0.800 bits per heavy atom. The van der Waals surface area contributed by atoms with Gasteiger partial charge in [-0.25, -0.2) is 0 Å². The molecule has 0 unspecified atom stereocenters. The van der Waals surface area contributed by atoms with Crippen LogP contribution in [-0.2, 0) is 6.61 Å². The molecule has 0 bridgehead atoms. The monoisotopic (exact) mass is 276 g/mol. The zero-order valence-corrected chi connectivity index (χ0v) is 10.4. The van der Waals surface area contributed by atoms with Gasteiger partial charge in [0.05, 0.1) is 16.5 Å². The first-order chi connectivity index (χ1) is 9.54. The Morgan fingerprint density at radius 3 is 1.60 bits per heavy atom. The van der Waals surface area contributed by atoms with Gasteiger partial charge in [-0.05, 0) is 17.7 Å². The molecule has 0 heterocycles. The Bertz CT molecular complexity index is 569. The largest absolute Gasteiger partial charge is 0.392 e. The molecule has 2 rings (SSSR count). The third-order valence-electron chi connectivity index (χ3n) is 2.30. The highest BCUT2D eigenvalue weighted by Crippen LogP contribution is 2.11. The minimum absolute atomic E-state index is 0.0437. The highest BCUT2D eigenvalue weighted by molar-refractivity contribution is 5.32. The zero-order chi connectivity index (χ0) is 15.0. The summed E-state index contributed by atoms with van der Waals surface area (Å²) in [7, 11) is 0. The van der Waals surface area contributed by atoms with Crippen molar-refractivity contribution in [2.45, 2.75) is 6.61 Å². The van der Waals surface area contributed by atoms with Crippen molar-refractivity contribution in [3.63, 3.8) is 0 Å². The van der Waals surface area contributed by atoms with Crippen LogP contribution in [0.1, 0.15) is 5.56 Å². The standard InChI is InChI=1S/C7H7NO3.C6H5NO2/c9-5-6-1-3-7(4-2-6)8(10)11;8-7(9)6-4-2-1-3-5-6/h1-4,9H,5H2;1-5H. The molecule has 0 saturated carbocycles. The van der Waals surface area contributed by atoms with E-state index in [1.165, 1.54) is 36.4 Å². The van der Waals surface area contributed by atoms with Gasteiger partial charge in [0.1, 0.15) is 0 Å². The molecule has 0 radical (unpaired) electrons. The second-order valence-corrected chi connectivity index (χ2v) is 3.67. The number of nitro benzene ring substituents is 2. The molecular formula is C13H12N2O5. The van der Waals surface area contributed by atoms with Crippen molar-refractivity contribution in [2.75, 3.05) is 0 Å². The van der Waals surface area contributed by atoms with Crippen LogP contribution in [0.3, 0.4) is 0 Å². The maximum atomic E-state index is 10.1. The Morgan fingerprint density at radius 2 is 1.25 bits per heavy atom. The van der Waals surface area contributed by atoms with Gasteiger partial charge >= 0.3 is 0 Å². The molecule has 2 aromatic carbocycles. The van der Waals surface area contributed by atoms with E-state index in [0.29, 0.717) is 5.56 Å². The van der Waals surface area contributed by atoms with Crippen LogP contribution in [0, 0.1) is 20.2 Å². The van der Waals surface area contributed by atoms with Crippen molar-refractivity contribution in [1.82, 2.24) is 0 Å². The number of nitrogens with zero attached hydrogens (tertiary/aromatic N) is 2. The highest BCUT2D eigenvalue weighted by Gasteiger charge is 2.02. The molecule has 20 heavy (non-hydrogen) atoms. The van der Waals surface area contributed by atoms with E-state index in [0.717, 1.165) is 0 Å². The van der Waals surface area contributed by atoms with E-state index in [2.05, 4.69) is 0 Å². The van der Waals surface area contributed by atoms with Crippen molar-refractivity contribution in [1.29, 1.82) is 0 Å². The average molecular weight is 276 g/mol. The first-order valence-corrected chi connectivity index (χ1v) is 5.58. The lowest BCUT2D eigenvalue weighted by Crippen LogP contribution is -1.88.